The fourth-order valence-electron chi connectivity index (χ4n) is 3.38. The van der Waals surface area contributed by atoms with E-state index in [9.17, 15) is 9.00 Å². The van der Waals surface area contributed by atoms with E-state index >= 15 is 0 Å². The first-order valence-electron chi connectivity index (χ1n) is 9.87. The van der Waals surface area contributed by atoms with Crippen LogP contribution >= 0.6 is 8.58 Å². The fraction of sp³-hybridized carbons (Fsp3) is 0.500. The van der Waals surface area contributed by atoms with Crippen LogP contribution < -0.4 is 16.4 Å². The Labute approximate surface area is 176 Å². The molecule has 2 aliphatic rings. The molecule has 0 aliphatic carbocycles. The maximum absolute atomic E-state index is 12.1. The zero-order valence-corrected chi connectivity index (χ0v) is 18.7. The van der Waals surface area contributed by atoms with Crippen LogP contribution in [0, 0.1) is 5.92 Å². The number of amidine groups is 1. The van der Waals surface area contributed by atoms with Gasteiger partial charge in [-0.3, -0.25) is 9.00 Å². The van der Waals surface area contributed by atoms with Crippen LogP contribution in [0.2, 0.25) is 0 Å². The van der Waals surface area contributed by atoms with Crippen molar-refractivity contribution in [2.45, 2.75) is 36.7 Å². The summed E-state index contributed by atoms with van der Waals surface area (Å²) in [6.07, 6.45) is 4.55. The highest BCUT2D eigenvalue weighted by Crippen LogP contribution is 2.38. The zero-order chi connectivity index (χ0) is 20.8. The van der Waals surface area contributed by atoms with E-state index in [4.69, 9.17) is 15.5 Å². The second kappa shape index (κ2) is 10.3. The van der Waals surface area contributed by atoms with Gasteiger partial charge in [0.25, 0.3) is 0 Å². The summed E-state index contributed by atoms with van der Waals surface area (Å²) in [5.74, 6) is 1.56. The van der Waals surface area contributed by atoms with E-state index in [0.29, 0.717) is 16.6 Å². The van der Waals surface area contributed by atoms with E-state index in [1.807, 2.05) is 24.3 Å². The molecular formula is C20H29N4O3PS. The summed E-state index contributed by atoms with van der Waals surface area (Å²) < 4.78 is 17.2. The van der Waals surface area contributed by atoms with Gasteiger partial charge in [0.05, 0.1) is 0 Å². The van der Waals surface area contributed by atoms with Crippen LogP contribution in [-0.4, -0.2) is 47.6 Å². The van der Waals surface area contributed by atoms with Gasteiger partial charge in [0.2, 0.25) is 5.91 Å². The number of benzene rings is 1. The first-order valence-corrected chi connectivity index (χ1v) is 12.5. The number of nitrogens with two attached hydrogens (primary N) is 1. The smallest absolute Gasteiger partial charge is 0.232 e. The highest BCUT2D eigenvalue weighted by atomic mass is 32.2. The van der Waals surface area contributed by atoms with E-state index in [1.54, 1.807) is 6.26 Å². The van der Waals surface area contributed by atoms with E-state index in [0.717, 1.165) is 55.8 Å². The van der Waals surface area contributed by atoms with E-state index < -0.39 is 16.5 Å². The molecule has 3 atom stereocenters. The molecule has 3 unspecified atom stereocenters. The Morgan fingerprint density at radius 1 is 1.38 bits per heavy atom. The first-order chi connectivity index (χ1) is 14.0. The monoisotopic (exact) mass is 436 g/mol. The predicted octanol–water partition coefficient (Wildman–Crippen LogP) is 2.38. The lowest BCUT2D eigenvalue weighted by atomic mass is 10.0. The quantitative estimate of drug-likeness (QED) is 0.569. The third-order valence-corrected chi connectivity index (χ3v) is 7.79. The molecular weight excluding hydrogens is 407 g/mol. The van der Waals surface area contributed by atoms with Crippen LogP contribution in [0.25, 0.3) is 0 Å². The Morgan fingerprint density at radius 2 is 2.14 bits per heavy atom. The van der Waals surface area contributed by atoms with Crippen LogP contribution in [0.15, 0.2) is 45.3 Å². The number of carbonyl (C=O) groups excluding carboxylic acids is 1. The SMILES string of the molecule is CCC1=C(NCC2CCOCC2)N=C(Nc2cccc(S(C)=O)c2)C(C(N)=O)P1. The van der Waals surface area contributed by atoms with Crippen molar-refractivity contribution >= 4 is 36.8 Å². The molecule has 9 heteroatoms. The maximum atomic E-state index is 12.1. The van der Waals surface area contributed by atoms with Gasteiger partial charge in [0.1, 0.15) is 17.3 Å². The van der Waals surface area contributed by atoms with Gasteiger partial charge in [0, 0.05) is 47.4 Å². The van der Waals surface area contributed by atoms with Crippen molar-refractivity contribution in [1.82, 2.24) is 5.32 Å². The summed E-state index contributed by atoms with van der Waals surface area (Å²) in [6, 6.07) is 7.33. The molecule has 0 spiro atoms. The van der Waals surface area contributed by atoms with Crippen LogP contribution in [0.3, 0.4) is 0 Å². The Kier molecular flexibility index (Phi) is 7.81. The number of ether oxygens (including phenoxy) is 1. The van der Waals surface area contributed by atoms with Gasteiger partial charge in [0.15, 0.2) is 0 Å². The highest BCUT2D eigenvalue weighted by Gasteiger charge is 2.29. The molecule has 7 nitrogen and oxygen atoms in total. The molecule has 1 aromatic rings. The maximum Gasteiger partial charge on any atom is 0.232 e. The molecule has 2 heterocycles. The number of anilines is 1. The third-order valence-electron chi connectivity index (χ3n) is 5.09. The number of allylic oxidation sites excluding steroid dienone is 1. The number of nitrogens with zero attached hydrogens (tertiary/aromatic N) is 1. The second-order valence-electron chi connectivity index (χ2n) is 7.20. The average molecular weight is 437 g/mol. The Hall–Kier alpha value is -1.76. The zero-order valence-electron chi connectivity index (χ0n) is 16.9. The van der Waals surface area contributed by atoms with Crippen LogP contribution in [0.4, 0.5) is 5.69 Å². The van der Waals surface area contributed by atoms with Crippen molar-refractivity contribution in [3.05, 3.63) is 35.4 Å². The molecule has 1 aromatic carbocycles. The van der Waals surface area contributed by atoms with Crippen LogP contribution in [0.5, 0.6) is 0 Å². The molecule has 158 valence electrons. The number of hydrogen-bond donors (Lipinski definition) is 3. The summed E-state index contributed by atoms with van der Waals surface area (Å²) >= 11 is 0. The molecule has 2 aliphatic heterocycles. The van der Waals surface area contributed by atoms with Gasteiger partial charge >= 0.3 is 0 Å². The molecule has 0 bridgehead atoms. The normalized spacial score (nSPS) is 22.3. The van der Waals surface area contributed by atoms with Crippen molar-refractivity contribution in [1.29, 1.82) is 0 Å². The summed E-state index contributed by atoms with van der Waals surface area (Å²) in [5, 5.41) is 7.88. The molecule has 1 fully saturated rings. The Bertz CT molecular complexity index is 837. The van der Waals surface area contributed by atoms with E-state index in [2.05, 4.69) is 17.6 Å². The van der Waals surface area contributed by atoms with Gasteiger partial charge < -0.3 is 21.1 Å². The lowest BCUT2D eigenvalue weighted by Gasteiger charge is -2.28. The van der Waals surface area contributed by atoms with E-state index in [1.165, 1.54) is 0 Å². The molecule has 29 heavy (non-hydrogen) atoms. The topological polar surface area (TPSA) is 106 Å². The molecule has 0 saturated carbocycles. The Balaban J connectivity index is 1.81. The lowest BCUT2D eigenvalue weighted by Crippen LogP contribution is -2.39. The van der Waals surface area contributed by atoms with Gasteiger partial charge in [-0.1, -0.05) is 21.6 Å². The summed E-state index contributed by atoms with van der Waals surface area (Å²) in [4.78, 5) is 17.6. The molecule has 1 saturated heterocycles. The number of nitrogens with one attached hydrogen (secondary N) is 2. The average Bonchev–Trinajstić information content (AvgIpc) is 2.73. The Morgan fingerprint density at radius 3 is 2.79 bits per heavy atom. The first kappa shape index (κ1) is 21.9. The standard InChI is InChI=1S/C20H29N4O3PS/c1-3-16-19(22-12-13-7-9-27-10-8-13)24-20(17(28-16)18(21)25)23-14-5-4-6-15(11-14)29(2)26/h4-6,11,13,17,22,28H,3,7-10,12H2,1-2H3,(H2,21,25)(H,23,24). The van der Waals surface area contributed by atoms with Crippen molar-refractivity contribution in [2.24, 2.45) is 16.6 Å². The van der Waals surface area contributed by atoms with Crippen molar-refractivity contribution in [2.75, 3.05) is 31.3 Å². The minimum Gasteiger partial charge on any atom is -0.381 e. The third kappa shape index (κ3) is 5.87. The number of hydrogen-bond acceptors (Lipinski definition) is 6. The van der Waals surface area contributed by atoms with Crippen LogP contribution in [-0.2, 0) is 20.3 Å². The van der Waals surface area contributed by atoms with Gasteiger partial charge in [-0.05, 0) is 48.7 Å². The van der Waals surface area contributed by atoms with Gasteiger partial charge in [-0.25, -0.2) is 4.99 Å². The van der Waals surface area contributed by atoms with Gasteiger partial charge in [-0.2, -0.15) is 0 Å². The molecule has 0 radical (unpaired) electrons. The number of aliphatic imine (C=N–C) groups is 1. The van der Waals surface area contributed by atoms with Crippen molar-refractivity contribution < 1.29 is 13.7 Å². The van der Waals surface area contributed by atoms with Gasteiger partial charge in [-0.15, -0.1) is 0 Å². The molecule has 0 aromatic heterocycles. The number of amides is 1. The molecule has 1 amide bonds. The predicted molar refractivity (Wildman–Crippen MR) is 120 cm³/mol. The van der Waals surface area contributed by atoms with Crippen molar-refractivity contribution in [3.8, 4) is 0 Å². The minimum absolute atomic E-state index is 0.253. The number of rotatable bonds is 7. The summed E-state index contributed by atoms with van der Waals surface area (Å²) in [7, 11) is -0.832. The molecule has 4 N–H and O–H groups in total. The minimum atomic E-state index is -1.09. The largest absolute Gasteiger partial charge is 0.381 e. The second-order valence-corrected chi connectivity index (χ2v) is 10.1. The van der Waals surface area contributed by atoms with Crippen LogP contribution in [0.1, 0.15) is 26.2 Å². The highest BCUT2D eigenvalue weighted by molar-refractivity contribution is 7.84. The van der Waals surface area contributed by atoms with Crippen molar-refractivity contribution in [3.63, 3.8) is 0 Å². The summed E-state index contributed by atoms with van der Waals surface area (Å²) in [6.45, 7) is 4.53. The number of carbonyl (C=O) groups is 1. The summed E-state index contributed by atoms with van der Waals surface area (Å²) in [5.41, 5.74) is 5.95. The molecule has 3 rings (SSSR count). The van der Waals surface area contributed by atoms with E-state index in [-0.39, 0.29) is 14.5 Å². The lowest BCUT2D eigenvalue weighted by molar-refractivity contribution is -0.116. The fourth-order valence-corrected chi connectivity index (χ4v) is 5.19. The number of primary amides is 1.